The lowest BCUT2D eigenvalue weighted by molar-refractivity contribution is 0.0989. The van der Waals surface area contributed by atoms with Gasteiger partial charge in [-0.3, -0.25) is 4.79 Å². The zero-order valence-corrected chi connectivity index (χ0v) is 13.4. The standard InChI is InChI=1S/C16H16N4O2S/c21-16(15-13(10-4-5-10)17-18-23-15)20-7-6-19-8-9-22-12-3-1-2-11(20)14(12)19/h1-3,10H,4-9H2. The summed E-state index contributed by atoms with van der Waals surface area (Å²) in [5, 5.41) is 4.20. The van der Waals surface area contributed by atoms with Gasteiger partial charge in [0.05, 0.1) is 17.9 Å². The topological polar surface area (TPSA) is 58.6 Å². The number of nitrogens with zero attached hydrogens (tertiary/aromatic N) is 4. The lowest BCUT2D eigenvalue weighted by Gasteiger charge is -2.40. The van der Waals surface area contributed by atoms with Gasteiger partial charge in [0, 0.05) is 19.0 Å². The van der Waals surface area contributed by atoms with Crippen LogP contribution in [0.25, 0.3) is 0 Å². The summed E-state index contributed by atoms with van der Waals surface area (Å²) in [6.07, 6.45) is 2.24. The third kappa shape index (κ3) is 2.03. The van der Waals surface area contributed by atoms with E-state index in [1.807, 2.05) is 23.1 Å². The molecule has 1 saturated carbocycles. The number of hydrogen-bond acceptors (Lipinski definition) is 6. The van der Waals surface area contributed by atoms with Crippen LogP contribution in [0, 0.1) is 0 Å². The molecule has 5 rings (SSSR count). The molecule has 1 fully saturated rings. The summed E-state index contributed by atoms with van der Waals surface area (Å²) < 4.78 is 9.78. The smallest absolute Gasteiger partial charge is 0.272 e. The Morgan fingerprint density at radius 2 is 2.17 bits per heavy atom. The fraction of sp³-hybridized carbons (Fsp3) is 0.438. The van der Waals surface area contributed by atoms with Gasteiger partial charge in [0.1, 0.15) is 22.9 Å². The van der Waals surface area contributed by atoms with Crippen molar-refractivity contribution in [2.45, 2.75) is 18.8 Å². The van der Waals surface area contributed by atoms with Crippen molar-refractivity contribution in [1.29, 1.82) is 0 Å². The molecule has 0 radical (unpaired) electrons. The Balaban J connectivity index is 1.56. The second kappa shape index (κ2) is 4.92. The van der Waals surface area contributed by atoms with Gasteiger partial charge in [0.15, 0.2) is 0 Å². The van der Waals surface area contributed by atoms with Gasteiger partial charge in [-0.05, 0) is 36.5 Å². The molecular formula is C16H16N4O2S. The minimum absolute atomic E-state index is 0.0283. The number of aromatic nitrogens is 2. The Hall–Kier alpha value is -2.15. The van der Waals surface area contributed by atoms with E-state index in [0.29, 0.717) is 23.9 Å². The van der Waals surface area contributed by atoms with Crippen LogP contribution in [-0.2, 0) is 0 Å². The molecule has 6 nitrogen and oxygen atoms in total. The van der Waals surface area contributed by atoms with Crippen molar-refractivity contribution in [3.63, 3.8) is 0 Å². The largest absolute Gasteiger partial charge is 0.489 e. The Morgan fingerprint density at radius 3 is 3.04 bits per heavy atom. The second-order valence-corrected chi connectivity index (χ2v) is 6.93. The van der Waals surface area contributed by atoms with Crippen molar-refractivity contribution in [2.24, 2.45) is 0 Å². The number of anilines is 2. The monoisotopic (exact) mass is 328 g/mol. The van der Waals surface area contributed by atoms with E-state index in [1.54, 1.807) is 0 Å². The van der Waals surface area contributed by atoms with E-state index in [0.717, 1.165) is 48.7 Å². The van der Waals surface area contributed by atoms with Crippen molar-refractivity contribution in [2.75, 3.05) is 36.0 Å². The van der Waals surface area contributed by atoms with Crippen LogP contribution in [0.15, 0.2) is 18.2 Å². The van der Waals surface area contributed by atoms with E-state index >= 15 is 0 Å². The number of rotatable bonds is 2. The van der Waals surface area contributed by atoms with Crippen LogP contribution in [-0.4, -0.2) is 41.7 Å². The van der Waals surface area contributed by atoms with Gasteiger partial charge >= 0.3 is 0 Å². The van der Waals surface area contributed by atoms with Crippen molar-refractivity contribution < 1.29 is 9.53 Å². The minimum atomic E-state index is 0.0283. The summed E-state index contributed by atoms with van der Waals surface area (Å²) in [5.74, 6) is 1.33. The van der Waals surface area contributed by atoms with E-state index in [1.165, 1.54) is 11.5 Å². The molecule has 0 unspecified atom stereocenters. The molecule has 0 atom stereocenters. The van der Waals surface area contributed by atoms with Crippen LogP contribution in [0.5, 0.6) is 5.75 Å². The van der Waals surface area contributed by atoms with Crippen LogP contribution in [0.4, 0.5) is 11.4 Å². The van der Waals surface area contributed by atoms with Gasteiger partial charge in [0.25, 0.3) is 5.91 Å². The maximum atomic E-state index is 13.1. The Kier molecular flexibility index (Phi) is 2.85. The molecular weight excluding hydrogens is 312 g/mol. The van der Waals surface area contributed by atoms with E-state index in [2.05, 4.69) is 14.5 Å². The average molecular weight is 328 g/mol. The predicted octanol–water partition coefficient (Wildman–Crippen LogP) is 2.27. The molecule has 0 saturated heterocycles. The lowest BCUT2D eigenvalue weighted by Crippen LogP contribution is -2.47. The average Bonchev–Trinajstić information content (AvgIpc) is 3.32. The first-order chi connectivity index (χ1) is 11.3. The van der Waals surface area contributed by atoms with Gasteiger partial charge in [0.2, 0.25) is 0 Å². The van der Waals surface area contributed by atoms with Gasteiger partial charge in [-0.2, -0.15) is 0 Å². The van der Waals surface area contributed by atoms with Crippen LogP contribution in [0.2, 0.25) is 0 Å². The summed E-state index contributed by atoms with van der Waals surface area (Å²) >= 11 is 1.22. The van der Waals surface area contributed by atoms with Gasteiger partial charge in [-0.25, -0.2) is 0 Å². The Bertz CT molecular complexity index is 786. The zero-order chi connectivity index (χ0) is 15.4. The summed E-state index contributed by atoms with van der Waals surface area (Å²) in [4.78, 5) is 18.0. The van der Waals surface area contributed by atoms with Crippen molar-refractivity contribution in [1.82, 2.24) is 9.59 Å². The van der Waals surface area contributed by atoms with E-state index in [4.69, 9.17) is 4.74 Å². The molecule has 2 aliphatic heterocycles. The number of carbonyl (C=O) groups is 1. The third-order valence-electron chi connectivity index (χ3n) is 4.71. The molecule has 1 amide bonds. The molecule has 118 valence electrons. The van der Waals surface area contributed by atoms with Gasteiger partial charge < -0.3 is 14.5 Å². The lowest BCUT2D eigenvalue weighted by atomic mass is 10.1. The number of benzene rings is 1. The fourth-order valence-electron chi connectivity index (χ4n) is 3.41. The first-order valence-electron chi connectivity index (χ1n) is 7.98. The maximum absolute atomic E-state index is 13.1. The van der Waals surface area contributed by atoms with E-state index < -0.39 is 0 Å². The van der Waals surface area contributed by atoms with Crippen molar-refractivity contribution in [3.05, 3.63) is 28.8 Å². The maximum Gasteiger partial charge on any atom is 0.272 e. The second-order valence-electron chi connectivity index (χ2n) is 6.18. The highest BCUT2D eigenvalue weighted by Gasteiger charge is 2.36. The zero-order valence-electron chi connectivity index (χ0n) is 12.6. The Labute approximate surface area is 137 Å². The predicted molar refractivity (Wildman–Crippen MR) is 87.7 cm³/mol. The molecule has 1 aliphatic carbocycles. The van der Waals surface area contributed by atoms with E-state index in [-0.39, 0.29) is 5.91 Å². The fourth-order valence-corrected chi connectivity index (χ4v) is 4.11. The first kappa shape index (κ1) is 13.3. The number of amides is 1. The molecule has 1 aromatic heterocycles. The molecule has 0 bridgehead atoms. The number of ether oxygens (including phenoxy) is 1. The SMILES string of the molecule is O=C(c1snnc1C1CC1)N1CCN2CCOc3cccc1c32. The summed E-state index contributed by atoms with van der Waals surface area (Å²) in [6.45, 7) is 3.11. The summed E-state index contributed by atoms with van der Waals surface area (Å²) in [5.41, 5.74) is 2.88. The molecule has 3 heterocycles. The van der Waals surface area contributed by atoms with Crippen LogP contribution in [0.3, 0.4) is 0 Å². The van der Waals surface area contributed by atoms with Crippen LogP contribution < -0.4 is 14.5 Å². The number of carbonyl (C=O) groups excluding carboxylic acids is 1. The minimum Gasteiger partial charge on any atom is -0.489 e. The van der Waals surface area contributed by atoms with Crippen LogP contribution in [0.1, 0.15) is 34.1 Å². The highest BCUT2D eigenvalue weighted by atomic mass is 32.1. The quantitative estimate of drug-likeness (QED) is 0.846. The summed E-state index contributed by atoms with van der Waals surface area (Å²) in [7, 11) is 0. The van der Waals surface area contributed by atoms with Crippen molar-refractivity contribution >= 4 is 28.8 Å². The number of hydrogen-bond donors (Lipinski definition) is 0. The third-order valence-corrected chi connectivity index (χ3v) is 5.44. The first-order valence-corrected chi connectivity index (χ1v) is 8.75. The molecule has 2 aromatic rings. The molecule has 0 N–H and O–H groups in total. The van der Waals surface area contributed by atoms with E-state index in [9.17, 15) is 4.79 Å². The highest BCUT2D eigenvalue weighted by molar-refractivity contribution is 7.08. The Morgan fingerprint density at radius 1 is 1.26 bits per heavy atom. The van der Waals surface area contributed by atoms with Crippen LogP contribution >= 0.6 is 11.5 Å². The molecule has 3 aliphatic rings. The number of para-hydroxylation sites is 1. The van der Waals surface area contributed by atoms with Gasteiger partial charge in [-0.15, -0.1) is 5.10 Å². The normalized spacial score (nSPS) is 19.3. The molecule has 0 spiro atoms. The molecule has 23 heavy (non-hydrogen) atoms. The molecule has 7 heteroatoms. The van der Waals surface area contributed by atoms with Gasteiger partial charge in [-0.1, -0.05) is 10.6 Å². The van der Waals surface area contributed by atoms with Crippen molar-refractivity contribution in [3.8, 4) is 5.75 Å². The molecule has 1 aromatic carbocycles. The summed E-state index contributed by atoms with van der Waals surface area (Å²) in [6, 6.07) is 5.93. The highest BCUT2D eigenvalue weighted by Crippen LogP contribution is 2.45.